The van der Waals surface area contributed by atoms with Gasteiger partial charge in [-0.1, -0.05) is 35.9 Å². The zero-order valence-corrected chi connectivity index (χ0v) is 17.4. The first-order valence-electron chi connectivity index (χ1n) is 9.32. The molecule has 5 heteroatoms. The van der Waals surface area contributed by atoms with Crippen molar-refractivity contribution in [2.45, 2.75) is 33.3 Å². The second-order valence-corrected chi connectivity index (χ2v) is 7.46. The van der Waals surface area contributed by atoms with Gasteiger partial charge in [0.2, 0.25) is 0 Å². The van der Waals surface area contributed by atoms with Gasteiger partial charge >= 0.3 is 5.97 Å². The molecule has 3 aromatic carbocycles. The Balaban J connectivity index is 1.89. The summed E-state index contributed by atoms with van der Waals surface area (Å²) in [7, 11) is 0. The Morgan fingerprint density at radius 1 is 1.00 bits per heavy atom. The molecule has 0 aliphatic heterocycles. The lowest BCUT2D eigenvalue weighted by Crippen LogP contribution is -2.30. The number of carboxylic acid groups (broad SMARTS) is 1. The van der Waals surface area contributed by atoms with Gasteiger partial charge in [0.05, 0.1) is 0 Å². The topological polar surface area (TPSA) is 55.8 Å². The molecule has 0 bridgehead atoms. The quantitative estimate of drug-likeness (QED) is 0.508. The minimum Gasteiger partial charge on any atom is -0.478 e. The minimum atomic E-state index is -1.08. The highest BCUT2D eigenvalue weighted by atomic mass is 35.5. The molecule has 0 spiro atoms. The molecule has 0 aromatic heterocycles. The first-order chi connectivity index (χ1) is 13.8. The summed E-state index contributed by atoms with van der Waals surface area (Å²) in [6.07, 6.45) is -0.962. The standard InChI is InChI=1S/C24H23ClO4/c1-15-11-16(2)17(3)22(12-15)29-23(24(26)27)14-18-13-19(25)9-10-21(18)28-20-7-5-4-6-8-20/h4-13,23H,14H2,1-3H3,(H,26,27)/t23-/m0/s1. The number of rotatable bonds is 7. The smallest absolute Gasteiger partial charge is 0.345 e. The molecule has 3 aromatic rings. The minimum absolute atomic E-state index is 0.116. The van der Waals surface area contributed by atoms with Gasteiger partial charge in [0.1, 0.15) is 17.2 Å². The summed E-state index contributed by atoms with van der Waals surface area (Å²) in [5, 5.41) is 10.3. The molecule has 0 radical (unpaired) electrons. The van der Waals surface area contributed by atoms with E-state index in [4.69, 9.17) is 21.1 Å². The van der Waals surface area contributed by atoms with Crippen LogP contribution in [0.15, 0.2) is 60.7 Å². The van der Waals surface area contributed by atoms with E-state index in [0.717, 1.165) is 16.7 Å². The Morgan fingerprint density at radius 3 is 2.41 bits per heavy atom. The highest BCUT2D eigenvalue weighted by Gasteiger charge is 2.23. The number of para-hydroxylation sites is 1. The fourth-order valence-corrected chi connectivity index (χ4v) is 3.27. The molecular weight excluding hydrogens is 388 g/mol. The van der Waals surface area contributed by atoms with Crippen LogP contribution in [0.25, 0.3) is 0 Å². The van der Waals surface area contributed by atoms with Crippen LogP contribution < -0.4 is 9.47 Å². The predicted octanol–water partition coefficient (Wildman–Crippen LogP) is 6.13. The Kier molecular flexibility index (Phi) is 6.45. The van der Waals surface area contributed by atoms with E-state index >= 15 is 0 Å². The van der Waals surface area contributed by atoms with Crippen molar-refractivity contribution >= 4 is 17.6 Å². The largest absolute Gasteiger partial charge is 0.478 e. The van der Waals surface area contributed by atoms with E-state index in [2.05, 4.69) is 0 Å². The zero-order valence-electron chi connectivity index (χ0n) is 16.6. The maximum Gasteiger partial charge on any atom is 0.345 e. The average molecular weight is 411 g/mol. The van der Waals surface area contributed by atoms with E-state index in [1.165, 1.54) is 0 Å². The summed E-state index contributed by atoms with van der Waals surface area (Å²) in [4.78, 5) is 11.9. The SMILES string of the molecule is Cc1cc(C)c(C)c(O[C@@H](Cc2cc(Cl)ccc2Oc2ccccc2)C(=O)O)c1. The number of benzene rings is 3. The Hall–Kier alpha value is -2.98. The number of halogens is 1. The van der Waals surface area contributed by atoms with Gasteiger partial charge in [0.15, 0.2) is 6.10 Å². The van der Waals surface area contributed by atoms with Gasteiger partial charge in [-0.15, -0.1) is 0 Å². The van der Waals surface area contributed by atoms with E-state index in [1.54, 1.807) is 18.2 Å². The maximum absolute atomic E-state index is 11.9. The van der Waals surface area contributed by atoms with E-state index in [9.17, 15) is 9.90 Å². The van der Waals surface area contributed by atoms with Crippen LogP contribution in [-0.4, -0.2) is 17.2 Å². The molecule has 0 aliphatic carbocycles. The van der Waals surface area contributed by atoms with E-state index < -0.39 is 12.1 Å². The monoisotopic (exact) mass is 410 g/mol. The van der Waals surface area contributed by atoms with E-state index in [1.807, 2.05) is 63.2 Å². The van der Waals surface area contributed by atoms with Gasteiger partial charge < -0.3 is 14.6 Å². The van der Waals surface area contributed by atoms with Crippen LogP contribution >= 0.6 is 11.6 Å². The highest BCUT2D eigenvalue weighted by molar-refractivity contribution is 6.30. The van der Waals surface area contributed by atoms with Gasteiger partial charge in [-0.2, -0.15) is 0 Å². The second-order valence-electron chi connectivity index (χ2n) is 7.02. The van der Waals surface area contributed by atoms with Gasteiger partial charge in [-0.3, -0.25) is 0 Å². The third-order valence-corrected chi connectivity index (χ3v) is 4.94. The summed E-state index contributed by atoms with van der Waals surface area (Å²) >= 11 is 6.17. The maximum atomic E-state index is 11.9. The molecule has 0 saturated heterocycles. The molecule has 1 N–H and O–H groups in total. The Bertz CT molecular complexity index is 1010. The van der Waals surface area contributed by atoms with Crippen molar-refractivity contribution in [1.29, 1.82) is 0 Å². The molecule has 0 fully saturated rings. The number of ether oxygens (including phenoxy) is 2. The van der Waals surface area contributed by atoms with Gasteiger partial charge in [-0.25, -0.2) is 4.79 Å². The van der Waals surface area contributed by atoms with Crippen LogP contribution in [0.3, 0.4) is 0 Å². The van der Waals surface area contributed by atoms with Crippen molar-refractivity contribution in [2.24, 2.45) is 0 Å². The predicted molar refractivity (Wildman–Crippen MR) is 114 cm³/mol. The normalized spacial score (nSPS) is 11.7. The molecule has 0 heterocycles. The fraction of sp³-hybridized carbons (Fsp3) is 0.208. The summed E-state index contributed by atoms with van der Waals surface area (Å²) in [5.41, 5.74) is 3.66. The molecule has 0 aliphatic rings. The van der Waals surface area contributed by atoms with Gasteiger partial charge in [-0.05, 0) is 73.9 Å². The fourth-order valence-electron chi connectivity index (χ4n) is 3.08. The first kappa shape index (κ1) is 20.7. The van der Waals surface area contributed by atoms with E-state index in [0.29, 0.717) is 27.8 Å². The third-order valence-electron chi connectivity index (χ3n) is 4.71. The molecule has 4 nitrogen and oxygen atoms in total. The second kappa shape index (κ2) is 9.01. The van der Waals surface area contributed by atoms with Crippen molar-refractivity contribution in [3.05, 3.63) is 87.9 Å². The highest BCUT2D eigenvalue weighted by Crippen LogP contribution is 2.30. The van der Waals surface area contributed by atoms with Crippen LogP contribution in [0, 0.1) is 20.8 Å². The molecular formula is C24H23ClO4. The molecule has 3 rings (SSSR count). The lowest BCUT2D eigenvalue weighted by molar-refractivity contribution is -0.145. The Labute approximate surface area is 175 Å². The zero-order chi connectivity index (χ0) is 21.0. The van der Waals surface area contributed by atoms with E-state index in [-0.39, 0.29) is 6.42 Å². The Morgan fingerprint density at radius 2 is 1.72 bits per heavy atom. The third kappa shape index (κ3) is 5.30. The van der Waals surface area contributed by atoms with Crippen molar-refractivity contribution in [3.63, 3.8) is 0 Å². The van der Waals surface area contributed by atoms with Crippen LogP contribution in [0.1, 0.15) is 22.3 Å². The molecule has 1 atom stereocenters. The summed E-state index contributed by atoms with van der Waals surface area (Å²) in [5.74, 6) is 0.735. The van der Waals surface area contributed by atoms with Crippen LogP contribution in [-0.2, 0) is 11.2 Å². The molecule has 0 saturated carbocycles. The van der Waals surface area contributed by atoms with Crippen LogP contribution in [0.5, 0.6) is 17.2 Å². The number of carbonyl (C=O) groups is 1. The average Bonchev–Trinajstić information content (AvgIpc) is 2.68. The number of aliphatic carboxylic acids is 1. The van der Waals surface area contributed by atoms with Crippen molar-refractivity contribution in [2.75, 3.05) is 0 Å². The first-order valence-corrected chi connectivity index (χ1v) is 9.70. The van der Waals surface area contributed by atoms with Crippen molar-refractivity contribution in [3.8, 4) is 17.2 Å². The molecule has 0 unspecified atom stereocenters. The summed E-state index contributed by atoms with van der Waals surface area (Å²) < 4.78 is 11.9. The van der Waals surface area contributed by atoms with Crippen molar-refractivity contribution < 1.29 is 19.4 Å². The van der Waals surface area contributed by atoms with Gasteiger partial charge in [0, 0.05) is 17.0 Å². The number of hydrogen-bond donors (Lipinski definition) is 1. The van der Waals surface area contributed by atoms with Crippen LogP contribution in [0.2, 0.25) is 5.02 Å². The van der Waals surface area contributed by atoms with Crippen molar-refractivity contribution in [1.82, 2.24) is 0 Å². The summed E-state index contributed by atoms with van der Waals surface area (Å²) in [6.45, 7) is 5.86. The lowest BCUT2D eigenvalue weighted by atomic mass is 10.0. The molecule has 0 amide bonds. The lowest BCUT2D eigenvalue weighted by Gasteiger charge is -2.20. The number of carboxylic acids is 1. The number of aryl methyl sites for hydroxylation is 2. The van der Waals surface area contributed by atoms with Crippen LogP contribution in [0.4, 0.5) is 0 Å². The molecule has 29 heavy (non-hydrogen) atoms. The summed E-state index contributed by atoms with van der Waals surface area (Å²) in [6, 6.07) is 18.4. The van der Waals surface area contributed by atoms with Gasteiger partial charge in [0.25, 0.3) is 0 Å². The molecule has 150 valence electrons. The number of hydrogen-bond acceptors (Lipinski definition) is 3.